The van der Waals surface area contributed by atoms with E-state index in [2.05, 4.69) is 21.2 Å². The number of hydrogen-bond donors (Lipinski definition) is 1. The molecule has 0 aliphatic rings. The fourth-order valence-electron chi connectivity index (χ4n) is 1.71. The highest BCUT2D eigenvalue weighted by molar-refractivity contribution is 9.10. The van der Waals surface area contributed by atoms with Gasteiger partial charge in [0, 0.05) is 10.0 Å². The van der Waals surface area contributed by atoms with E-state index >= 15 is 0 Å². The summed E-state index contributed by atoms with van der Waals surface area (Å²) in [6.07, 6.45) is 0. The molecule has 0 radical (unpaired) electrons. The second kappa shape index (κ2) is 7.99. The van der Waals surface area contributed by atoms with Crippen molar-refractivity contribution in [3.05, 3.63) is 57.5 Å². The number of ether oxygens (including phenoxy) is 2. The van der Waals surface area contributed by atoms with Gasteiger partial charge in [0.25, 0.3) is 11.8 Å². The van der Waals surface area contributed by atoms with Crippen LogP contribution < -0.4 is 14.8 Å². The van der Waals surface area contributed by atoms with Crippen molar-refractivity contribution >= 4 is 39.3 Å². The Kier molecular flexibility index (Phi) is 6.01. The molecule has 120 valence electrons. The number of carbonyl (C=O) groups excluding carboxylic acids is 2. The van der Waals surface area contributed by atoms with Crippen molar-refractivity contribution in [2.24, 2.45) is 0 Å². The molecule has 0 heterocycles. The van der Waals surface area contributed by atoms with Crippen molar-refractivity contribution in [3.8, 4) is 11.5 Å². The molecule has 1 N–H and O–H groups in total. The summed E-state index contributed by atoms with van der Waals surface area (Å²) in [7, 11) is 1.53. The van der Waals surface area contributed by atoms with Crippen molar-refractivity contribution in [3.63, 3.8) is 0 Å². The molecule has 0 unspecified atom stereocenters. The van der Waals surface area contributed by atoms with Gasteiger partial charge in [-0.1, -0.05) is 27.5 Å². The molecule has 0 aliphatic carbocycles. The predicted octanol–water partition coefficient (Wildman–Crippen LogP) is 3.45. The fraction of sp³-hybridized carbons (Fsp3) is 0.125. The van der Waals surface area contributed by atoms with Gasteiger partial charge in [0.05, 0.1) is 12.1 Å². The Morgan fingerprint density at radius 2 is 1.87 bits per heavy atom. The number of hydrogen-bond acceptors (Lipinski definition) is 4. The van der Waals surface area contributed by atoms with E-state index in [0.29, 0.717) is 22.1 Å². The third-order valence-electron chi connectivity index (χ3n) is 2.86. The van der Waals surface area contributed by atoms with Gasteiger partial charge in [0.1, 0.15) is 11.5 Å². The Hall–Kier alpha value is -2.05. The molecule has 0 atom stereocenters. The second-order valence-electron chi connectivity index (χ2n) is 4.47. The van der Waals surface area contributed by atoms with E-state index in [1.807, 2.05) is 0 Å². The fourth-order valence-corrected chi connectivity index (χ4v) is 2.44. The molecular formula is C16H13BrClNO4. The van der Waals surface area contributed by atoms with Crippen molar-refractivity contribution in [2.45, 2.75) is 0 Å². The van der Waals surface area contributed by atoms with Crippen LogP contribution in [0.2, 0.25) is 5.02 Å². The molecule has 5 nitrogen and oxygen atoms in total. The Labute approximate surface area is 146 Å². The van der Waals surface area contributed by atoms with Crippen molar-refractivity contribution < 1.29 is 19.1 Å². The average molecular weight is 399 g/mol. The maximum Gasteiger partial charge on any atom is 0.264 e. The highest BCUT2D eigenvalue weighted by atomic mass is 79.9. The van der Waals surface area contributed by atoms with Gasteiger partial charge in [-0.25, -0.2) is 0 Å². The molecule has 2 aromatic rings. The maximum absolute atomic E-state index is 11.9. The molecule has 0 bridgehead atoms. The number of halogens is 2. The molecule has 0 saturated heterocycles. The molecule has 2 amide bonds. The molecular weight excluding hydrogens is 386 g/mol. The van der Waals surface area contributed by atoms with Crippen molar-refractivity contribution in [1.29, 1.82) is 0 Å². The second-order valence-corrected chi connectivity index (χ2v) is 5.79. The molecule has 0 spiro atoms. The van der Waals surface area contributed by atoms with Gasteiger partial charge in [0.15, 0.2) is 6.61 Å². The standard InChI is InChI=1S/C16H13BrClNO4/c1-22-12-5-2-10(3-6-12)16(21)19-15(20)9-23-14-7-4-11(17)8-13(14)18/h2-8H,9H2,1H3,(H,19,20,21). The van der Waals surface area contributed by atoms with E-state index in [1.54, 1.807) is 42.5 Å². The zero-order chi connectivity index (χ0) is 16.8. The third-order valence-corrected chi connectivity index (χ3v) is 3.65. The smallest absolute Gasteiger partial charge is 0.264 e. The highest BCUT2D eigenvalue weighted by Gasteiger charge is 2.12. The third kappa shape index (κ3) is 4.97. The SMILES string of the molecule is COc1ccc(C(=O)NC(=O)COc2ccc(Br)cc2Cl)cc1. The van der Waals surface area contributed by atoms with Crippen molar-refractivity contribution in [1.82, 2.24) is 5.32 Å². The van der Waals surface area contributed by atoms with Gasteiger partial charge in [0.2, 0.25) is 0 Å². The van der Waals surface area contributed by atoms with Gasteiger partial charge in [-0.05, 0) is 42.5 Å². The molecule has 0 saturated carbocycles. The van der Waals surface area contributed by atoms with Gasteiger partial charge in [-0.15, -0.1) is 0 Å². The van der Waals surface area contributed by atoms with Crippen LogP contribution in [0.1, 0.15) is 10.4 Å². The number of benzene rings is 2. The molecule has 0 fully saturated rings. The number of methoxy groups -OCH3 is 1. The first-order valence-corrected chi connectivity index (χ1v) is 7.73. The van der Waals surface area contributed by atoms with Crippen LogP contribution in [-0.4, -0.2) is 25.5 Å². The number of carbonyl (C=O) groups is 2. The quantitative estimate of drug-likeness (QED) is 0.838. The average Bonchev–Trinajstić information content (AvgIpc) is 2.54. The summed E-state index contributed by atoms with van der Waals surface area (Å²) in [4.78, 5) is 23.7. The minimum absolute atomic E-state index is 0.316. The molecule has 2 rings (SSSR count). The first-order chi connectivity index (χ1) is 11.0. The van der Waals surface area contributed by atoms with E-state index < -0.39 is 11.8 Å². The summed E-state index contributed by atoms with van der Waals surface area (Å²) in [5.74, 6) is -0.0871. The summed E-state index contributed by atoms with van der Waals surface area (Å²) in [6, 6.07) is 11.4. The first kappa shape index (κ1) is 17.3. The van der Waals surface area contributed by atoms with E-state index in [1.165, 1.54) is 7.11 Å². The van der Waals surface area contributed by atoms with Gasteiger partial charge in [-0.3, -0.25) is 14.9 Å². The van der Waals surface area contributed by atoms with Crippen LogP contribution in [0, 0.1) is 0 Å². The lowest BCUT2D eigenvalue weighted by atomic mass is 10.2. The topological polar surface area (TPSA) is 64.6 Å². The van der Waals surface area contributed by atoms with Crippen LogP contribution in [0.5, 0.6) is 11.5 Å². The predicted molar refractivity (Wildman–Crippen MR) is 90.1 cm³/mol. The van der Waals surface area contributed by atoms with E-state index in [0.717, 1.165) is 4.47 Å². The highest BCUT2D eigenvalue weighted by Crippen LogP contribution is 2.27. The Bertz CT molecular complexity index is 719. The maximum atomic E-state index is 11.9. The minimum atomic E-state index is -0.565. The van der Waals surface area contributed by atoms with Crippen LogP contribution in [0.3, 0.4) is 0 Å². The zero-order valence-corrected chi connectivity index (χ0v) is 14.5. The van der Waals surface area contributed by atoms with Gasteiger partial charge < -0.3 is 9.47 Å². The number of rotatable bonds is 5. The summed E-state index contributed by atoms with van der Waals surface area (Å²) >= 11 is 9.25. The van der Waals surface area contributed by atoms with Crippen LogP contribution >= 0.6 is 27.5 Å². The van der Waals surface area contributed by atoms with Crippen molar-refractivity contribution in [2.75, 3.05) is 13.7 Å². The van der Waals surface area contributed by atoms with Crippen LogP contribution in [0.25, 0.3) is 0 Å². The molecule has 0 aromatic heterocycles. The lowest BCUT2D eigenvalue weighted by molar-refractivity contribution is -0.122. The van der Waals surface area contributed by atoms with Crippen LogP contribution in [0.4, 0.5) is 0 Å². The summed E-state index contributed by atoms with van der Waals surface area (Å²) in [5.41, 5.74) is 0.348. The summed E-state index contributed by atoms with van der Waals surface area (Å²) in [5, 5.41) is 2.61. The largest absolute Gasteiger partial charge is 0.497 e. The molecule has 23 heavy (non-hydrogen) atoms. The number of imide groups is 1. The first-order valence-electron chi connectivity index (χ1n) is 6.55. The monoisotopic (exact) mass is 397 g/mol. The summed E-state index contributed by atoms with van der Waals surface area (Å²) in [6.45, 7) is -0.316. The molecule has 7 heteroatoms. The van der Waals surface area contributed by atoms with Crippen LogP contribution in [0.15, 0.2) is 46.9 Å². The normalized spacial score (nSPS) is 10.0. The zero-order valence-electron chi connectivity index (χ0n) is 12.1. The minimum Gasteiger partial charge on any atom is -0.497 e. The van der Waals surface area contributed by atoms with Gasteiger partial charge >= 0.3 is 0 Å². The lowest BCUT2D eigenvalue weighted by Crippen LogP contribution is -2.34. The Morgan fingerprint density at radius 1 is 1.17 bits per heavy atom. The van der Waals surface area contributed by atoms with Crippen LogP contribution in [-0.2, 0) is 4.79 Å². The molecule has 2 aromatic carbocycles. The Morgan fingerprint density at radius 3 is 2.48 bits per heavy atom. The van der Waals surface area contributed by atoms with Gasteiger partial charge in [-0.2, -0.15) is 0 Å². The van der Waals surface area contributed by atoms with E-state index in [4.69, 9.17) is 21.1 Å². The number of nitrogens with one attached hydrogen (secondary N) is 1. The molecule has 0 aliphatic heterocycles. The summed E-state index contributed by atoms with van der Waals surface area (Å²) < 4.78 is 11.1. The number of amides is 2. The van der Waals surface area contributed by atoms with E-state index in [-0.39, 0.29) is 6.61 Å². The Balaban J connectivity index is 1.89. The lowest BCUT2D eigenvalue weighted by Gasteiger charge is -2.08. The van der Waals surface area contributed by atoms with E-state index in [9.17, 15) is 9.59 Å².